The number of hydrogen-bond acceptors (Lipinski definition) is 6. The van der Waals surface area contributed by atoms with Crippen LogP contribution in [0, 0.1) is 0 Å². The molecule has 0 saturated heterocycles. The number of benzene rings is 2. The Morgan fingerprint density at radius 3 is 2.71 bits per heavy atom. The van der Waals surface area contributed by atoms with Crippen molar-refractivity contribution in [3.63, 3.8) is 0 Å². The molecule has 0 amide bonds. The lowest BCUT2D eigenvalue weighted by molar-refractivity contribution is 0.284. The number of nitrogens with one attached hydrogen (secondary N) is 1. The van der Waals surface area contributed by atoms with Crippen LogP contribution in [0.15, 0.2) is 36.4 Å². The third-order valence-electron chi connectivity index (χ3n) is 4.04. The van der Waals surface area contributed by atoms with Crippen molar-refractivity contribution in [1.82, 2.24) is 20.2 Å². The van der Waals surface area contributed by atoms with E-state index in [0.29, 0.717) is 40.6 Å². The van der Waals surface area contributed by atoms with Crippen LogP contribution in [-0.4, -0.2) is 27.3 Å². The zero-order chi connectivity index (χ0) is 19.9. The smallest absolute Gasteiger partial charge is 0.243 e. The van der Waals surface area contributed by atoms with E-state index >= 15 is 0 Å². The summed E-state index contributed by atoms with van der Waals surface area (Å²) in [5.74, 6) is 1.91. The summed E-state index contributed by atoms with van der Waals surface area (Å²) in [6.07, 6.45) is 0.956. The van der Waals surface area contributed by atoms with E-state index in [-0.39, 0.29) is 0 Å². The van der Waals surface area contributed by atoms with Gasteiger partial charge in [0.25, 0.3) is 0 Å². The van der Waals surface area contributed by atoms with Gasteiger partial charge in [0.15, 0.2) is 11.5 Å². The maximum absolute atomic E-state index is 6.20. The highest BCUT2D eigenvalue weighted by Gasteiger charge is 2.10. The summed E-state index contributed by atoms with van der Waals surface area (Å²) >= 11 is 12.1. The van der Waals surface area contributed by atoms with Crippen molar-refractivity contribution in [3.8, 4) is 11.5 Å². The van der Waals surface area contributed by atoms with Crippen molar-refractivity contribution in [1.29, 1.82) is 0 Å². The number of aromatic nitrogens is 4. The maximum Gasteiger partial charge on any atom is 0.243 e. The summed E-state index contributed by atoms with van der Waals surface area (Å²) in [5.41, 5.74) is 1.86. The second kappa shape index (κ2) is 9.61. The average molecular weight is 422 g/mol. The molecule has 0 atom stereocenters. The molecule has 0 aliphatic rings. The van der Waals surface area contributed by atoms with E-state index in [4.69, 9.17) is 32.7 Å². The fourth-order valence-electron chi connectivity index (χ4n) is 2.61. The van der Waals surface area contributed by atoms with Crippen LogP contribution in [0.1, 0.15) is 24.5 Å². The highest BCUT2D eigenvalue weighted by atomic mass is 35.5. The molecule has 3 aromatic rings. The van der Waals surface area contributed by atoms with Gasteiger partial charge in [-0.2, -0.15) is 0 Å². The fourth-order valence-corrected chi connectivity index (χ4v) is 3.07. The lowest BCUT2D eigenvalue weighted by Gasteiger charge is -2.13. The van der Waals surface area contributed by atoms with E-state index in [1.807, 2.05) is 24.3 Å². The van der Waals surface area contributed by atoms with E-state index in [1.54, 1.807) is 23.9 Å². The molecule has 0 fully saturated rings. The first-order chi connectivity index (χ1) is 13.6. The Hall–Kier alpha value is -2.51. The summed E-state index contributed by atoms with van der Waals surface area (Å²) < 4.78 is 13.1. The van der Waals surface area contributed by atoms with Crippen molar-refractivity contribution in [2.45, 2.75) is 33.0 Å². The quantitative estimate of drug-likeness (QED) is 0.544. The van der Waals surface area contributed by atoms with Gasteiger partial charge in [0, 0.05) is 28.7 Å². The molecule has 1 aromatic heterocycles. The average Bonchev–Trinajstić information content (AvgIpc) is 3.13. The topological polar surface area (TPSA) is 74.1 Å². The number of anilines is 1. The number of methoxy groups -OCH3 is 1. The van der Waals surface area contributed by atoms with Crippen LogP contribution in [0.4, 0.5) is 5.95 Å². The van der Waals surface area contributed by atoms with Crippen LogP contribution in [0.3, 0.4) is 0 Å². The van der Waals surface area contributed by atoms with Crippen LogP contribution < -0.4 is 14.8 Å². The van der Waals surface area contributed by atoms with Gasteiger partial charge in [0.2, 0.25) is 5.95 Å². The molecule has 0 aliphatic carbocycles. The van der Waals surface area contributed by atoms with Crippen LogP contribution in [0.2, 0.25) is 10.0 Å². The van der Waals surface area contributed by atoms with Gasteiger partial charge in [-0.15, -0.1) is 0 Å². The van der Waals surface area contributed by atoms with Gasteiger partial charge < -0.3 is 14.8 Å². The molecule has 148 valence electrons. The molecule has 0 unspecified atom stereocenters. The third-order valence-corrected chi connectivity index (χ3v) is 4.63. The standard InChI is InChI=1S/C19H21Cl2N5O2/c1-3-8-26-19(23-24-25-26)22-11-13-4-7-17(18(9-13)27-2)28-12-14-5-6-15(20)10-16(14)21/h4-7,9-10H,3,8,11-12H2,1-2H3,(H,22,23,25). The molecule has 1 heterocycles. The molecular formula is C19H21Cl2N5O2. The number of rotatable bonds is 9. The van der Waals surface area contributed by atoms with Crippen LogP contribution in [-0.2, 0) is 19.7 Å². The summed E-state index contributed by atoms with van der Waals surface area (Å²) in [5, 5.41) is 16.1. The summed E-state index contributed by atoms with van der Waals surface area (Å²) in [6, 6.07) is 11.1. The highest BCUT2D eigenvalue weighted by Crippen LogP contribution is 2.30. The van der Waals surface area contributed by atoms with Crippen molar-refractivity contribution in [2.24, 2.45) is 0 Å². The van der Waals surface area contributed by atoms with Gasteiger partial charge in [-0.3, -0.25) is 0 Å². The Morgan fingerprint density at radius 2 is 1.96 bits per heavy atom. The zero-order valence-corrected chi connectivity index (χ0v) is 17.2. The van der Waals surface area contributed by atoms with Crippen molar-refractivity contribution in [2.75, 3.05) is 12.4 Å². The van der Waals surface area contributed by atoms with Gasteiger partial charge in [-0.05, 0) is 46.7 Å². The maximum atomic E-state index is 6.20. The minimum atomic E-state index is 0.315. The molecule has 0 bridgehead atoms. The first kappa shape index (κ1) is 20.2. The Kier molecular flexibility index (Phi) is 6.95. The minimum absolute atomic E-state index is 0.315. The van der Waals surface area contributed by atoms with Crippen LogP contribution in [0.5, 0.6) is 11.5 Å². The number of hydrogen-bond donors (Lipinski definition) is 1. The number of aryl methyl sites for hydroxylation is 1. The van der Waals surface area contributed by atoms with Crippen molar-refractivity contribution < 1.29 is 9.47 Å². The molecule has 2 aromatic carbocycles. The lowest BCUT2D eigenvalue weighted by Crippen LogP contribution is -2.09. The van der Waals surface area contributed by atoms with Gasteiger partial charge in [0.1, 0.15) is 6.61 Å². The number of ether oxygens (including phenoxy) is 2. The molecule has 1 N–H and O–H groups in total. The lowest BCUT2D eigenvalue weighted by atomic mass is 10.2. The molecule has 0 saturated carbocycles. The van der Waals surface area contributed by atoms with Crippen molar-refractivity contribution >= 4 is 29.2 Å². The predicted octanol–water partition coefficient (Wildman–Crippen LogP) is 4.59. The van der Waals surface area contributed by atoms with E-state index < -0.39 is 0 Å². The van der Waals surface area contributed by atoms with Crippen LogP contribution in [0.25, 0.3) is 0 Å². The van der Waals surface area contributed by atoms with E-state index in [9.17, 15) is 0 Å². The zero-order valence-electron chi connectivity index (χ0n) is 15.7. The fraction of sp³-hybridized carbons (Fsp3) is 0.316. The monoisotopic (exact) mass is 421 g/mol. The normalized spacial score (nSPS) is 10.7. The van der Waals surface area contributed by atoms with Crippen molar-refractivity contribution in [3.05, 3.63) is 57.6 Å². The Balaban J connectivity index is 1.65. The Bertz CT molecular complexity index is 932. The van der Waals surface area contributed by atoms with Gasteiger partial charge in [0.05, 0.1) is 7.11 Å². The number of nitrogens with zero attached hydrogens (tertiary/aromatic N) is 4. The summed E-state index contributed by atoms with van der Waals surface area (Å²) in [7, 11) is 1.61. The third kappa shape index (κ3) is 5.05. The molecule has 0 aliphatic heterocycles. The largest absolute Gasteiger partial charge is 0.493 e. The number of tetrazole rings is 1. The first-order valence-electron chi connectivity index (χ1n) is 8.84. The Labute approximate surface area is 173 Å². The first-order valence-corrected chi connectivity index (χ1v) is 9.60. The SMILES string of the molecule is CCCn1nnnc1NCc1ccc(OCc2ccc(Cl)cc2Cl)c(OC)c1. The van der Waals surface area contributed by atoms with Gasteiger partial charge in [-0.1, -0.05) is 47.4 Å². The second-order valence-electron chi connectivity index (χ2n) is 6.09. The van der Waals surface area contributed by atoms with E-state index in [0.717, 1.165) is 24.1 Å². The predicted molar refractivity (Wildman–Crippen MR) is 109 cm³/mol. The molecular weight excluding hydrogens is 401 g/mol. The van der Waals surface area contributed by atoms with E-state index in [1.165, 1.54) is 0 Å². The Morgan fingerprint density at radius 1 is 1.11 bits per heavy atom. The summed E-state index contributed by atoms with van der Waals surface area (Å²) in [4.78, 5) is 0. The minimum Gasteiger partial charge on any atom is -0.493 e. The second-order valence-corrected chi connectivity index (χ2v) is 6.93. The summed E-state index contributed by atoms with van der Waals surface area (Å²) in [6.45, 7) is 3.71. The number of halogens is 2. The van der Waals surface area contributed by atoms with Gasteiger partial charge >= 0.3 is 0 Å². The molecule has 0 radical (unpaired) electrons. The highest BCUT2D eigenvalue weighted by molar-refractivity contribution is 6.35. The molecule has 0 spiro atoms. The molecule has 3 rings (SSSR count). The van der Waals surface area contributed by atoms with Crippen LogP contribution >= 0.6 is 23.2 Å². The van der Waals surface area contributed by atoms with Gasteiger partial charge in [-0.25, -0.2) is 4.68 Å². The molecule has 28 heavy (non-hydrogen) atoms. The molecule has 9 heteroatoms. The van der Waals surface area contributed by atoms with E-state index in [2.05, 4.69) is 27.8 Å². The molecule has 7 nitrogen and oxygen atoms in total.